The summed E-state index contributed by atoms with van der Waals surface area (Å²) in [5, 5.41) is 10.6. The zero-order valence-electron chi connectivity index (χ0n) is 10.7. The van der Waals surface area contributed by atoms with Gasteiger partial charge in [-0.15, -0.1) is 0 Å². The fraction of sp³-hybridized carbons (Fsp3) is 0.538. The van der Waals surface area contributed by atoms with Crippen molar-refractivity contribution in [1.82, 2.24) is 4.90 Å². The average molecular weight is 257 g/mol. The Morgan fingerprint density at radius 3 is 2.39 bits per heavy atom. The number of rotatable bonds is 1. The second-order valence-electron chi connectivity index (χ2n) is 4.86. The van der Waals surface area contributed by atoms with E-state index in [4.69, 9.17) is 4.74 Å². The molecular weight excluding hydrogens is 240 g/mol. The normalized spacial score (nSPS) is 33.7. The van der Waals surface area contributed by atoms with E-state index in [9.17, 15) is 13.9 Å². The highest BCUT2D eigenvalue weighted by molar-refractivity contribution is 5.24. The number of benzene rings is 1. The van der Waals surface area contributed by atoms with E-state index in [-0.39, 0.29) is 11.6 Å². The van der Waals surface area contributed by atoms with Crippen LogP contribution in [0, 0.1) is 11.6 Å². The van der Waals surface area contributed by atoms with Gasteiger partial charge < -0.3 is 9.84 Å². The highest BCUT2D eigenvalue weighted by atomic mass is 19.1. The molecule has 18 heavy (non-hydrogen) atoms. The summed E-state index contributed by atoms with van der Waals surface area (Å²) in [4.78, 5) is 1.92. The van der Waals surface area contributed by atoms with Crippen molar-refractivity contribution >= 4 is 0 Å². The van der Waals surface area contributed by atoms with E-state index in [1.165, 1.54) is 0 Å². The first-order chi connectivity index (χ1) is 8.34. The van der Waals surface area contributed by atoms with Crippen LogP contribution in [0.15, 0.2) is 18.2 Å². The zero-order valence-corrected chi connectivity index (χ0v) is 10.7. The molecule has 0 unspecified atom stereocenters. The number of nitrogens with zero attached hydrogens (tertiary/aromatic N) is 1. The number of morpholine rings is 1. The molecule has 100 valence electrons. The first-order valence-electron chi connectivity index (χ1n) is 5.89. The highest BCUT2D eigenvalue weighted by Crippen LogP contribution is 2.34. The Balaban J connectivity index is 2.41. The molecule has 0 radical (unpaired) electrons. The molecule has 0 amide bonds. The molecule has 5 heteroatoms. The van der Waals surface area contributed by atoms with Gasteiger partial charge in [0.15, 0.2) is 0 Å². The van der Waals surface area contributed by atoms with Gasteiger partial charge in [0.2, 0.25) is 5.79 Å². The molecule has 2 rings (SSSR count). The van der Waals surface area contributed by atoms with Gasteiger partial charge in [-0.05, 0) is 33.0 Å². The Morgan fingerprint density at radius 2 is 1.83 bits per heavy atom. The van der Waals surface area contributed by atoms with Gasteiger partial charge in [-0.1, -0.05) is 0 Å². The largest absolute Gasteiger partial charge is 0.361 e. The van der Waals surface area contributed by atoms with Crippen molar-refractivity contribution in [3.05, 3.63) is 35.4 Å². The first-order valence-corrected chi connectivity index (χ1v) is 5.89. The SMILES string of the molecule is C[C@@H]1CO[C@@](O)(c2cc(F)cc(F)c2)[C@H](C)N1C. The van der Waals surface area contributed by atoms with Crippen molar-refractivity contribution in [2.45, 2.75) is 31.7 Å². The topological polar surface area (TPSA) is 32.7 Å². The smallest absolute Gasteiger partial charge is 0.208 e. The average Bonchev–Trinajstić information content (AvgIpc) is 2.30. The maximum atomic E-state index is 13.2. The molecule has 3 nitrogen and oxygen atoms in total. The molecule has 1 saturated heterocycles. The number of likely N-dealkylation sites (N-methyl/N-ethyl adjacent to an activating group) is 1. The number of hydrogen-bond donors (Lipinski definition) is 1. The molecule has 0 aromatic heterocycles. The van der Waals surface area contributed by atoms with Gasteiger partial charge in [-0.25, -0.2) is 8.78 Å². The lowest BCUT2D eigenvalue weighted by Gasteiger charge is -2.46. The van der Waals surface area contributed by atoms with Crippen LogP contribution in [-0.2, 0) is 10.5 Å². The summed E-state index contributed by atoms with van der Waals surface area (Å²) in [5.41, 5.74) is 0.103. The number of aliphatic hydroxyl groups is 1. The second-order valence-corrected chi connectivity index (χ2v) is 4.86. The number of halogens is 2. The Bertz CT molecular complexity index is 434. The minimum absolute atomic E-state index is 0.103. The van der Waals surface area contributed by atoms with Crippen molar-refractivity contribution in [2.24, 2.45) is 0 Å². The molecular formula is C13H17F2NO2. The Labute approximate surface area is 105 Å². The third-order valence-electron chi connectivity index (χ3n) is 3.69. The fourth-order valence-electron chi connectivity index (χ4n) is 2.23. The van der Waals surface area contributed by atoms with Crippen LogP contribution in [0.25, 0.3) is 0 Å². The monoisotopic (exact) mass is 257 g/mol. The third kappa shape index (κ3) is 2.13. The summed E-state index contributed by atoms with van der Waals surface area (Å²) in [7, 11) is 1.85. The lowest BCUT2D eigenvalue weighted by Crippen LogP contribution is -2.58. The quantitative estimate of drug-likeness (QED) is 0.833. The van der Waals surface area contributed by atoms with Crippen LogP contribution < -0.4 is 0 Å². The summed E-state index contributed by atoms with van der Waals surface area (Å²) in [6, 6.07) is 2.71. The maximum Gasteiger partial charge on any atom is 0.208 e. The van der Waals surface area contributed by atoms with Crippen LogP contribution in [-0.4, -0.2) is 35.7 Å². The number of ether oxygens (including phenoxy) is 1. The molecule has 0 saturated carbocycles. The van der Waals surface area contributed by atoms with Crippen LogP contribution in [0.4, 0.5) is 8.78 Å². The molecule has 1 N–H and O–H groups in total. The van der Waals surface area contributed by atoms with Crippen LogP contribution in [0.5, 0.6) is 0 Å². The molecule has 1 aromatic carbocycles. The van der Waals surface area contributed by atoms with Gasteiger partial charge in [-0.3, -0.25) is 4.90 Å². The van der Waals surface area contributed by atoms with E-state index in [2.05, 4.69) is 0 Å². The van der Waals surface area contributed by atoms with Gasteiger partial charge in [-0.2, -0.15) is 0 Å². The molecule has 0 spiro atoms. The van der Waals surface area contributed by atoms with Crippen molar-refractivity contribution in [3.63, 3.8) is 0 Å². The lowest BCUT2D eigenvalue weighted by atomic mass is 9.95. The van der Waals surface area contributed by atoms with Crippen LogP contribution >= 0.6 is 0 Å². The van der Waals surface area contributed by atoms with Gasteiger partial charge in [0, 0.05) is 17.7 Å². The molecule has 3 atom stereocenters. The molecule has 1 heterocycles. The van der Waals surface area contributed by atoms with Crippen LogP contribution in [0.2, 0.25) is 0 Å². The minimum atomic E-state index is -1.69. The van der Waals surface area contributed by atoms with Crippen molar-refractivity contribution in [2.75, 3.05) is 13.7 Å². The van der Waals surface area contributed by atoms with Gasteiger partial charge in [0.1, 0.15) is 11.6 Å². The molecule has 1 aliphatic rings. The Kier molecular flexibility index (Phi) is 3.40. The predicted octanol–water partition coefficient (Wildman–Crippen LogP) is 1.85. The molecule has 0 aliphatic carbocycles. The standard InChI is InChI=1S/C13H17F2NO2/c1-8-7-18-13(17,9(2)16(8)3)10-4-11(14)6-12(15)5-10/h4-6,8-9,17H,7H2,1-3H3/t8-,9+,13-/m1/s1. The van der Waals surface area contributed by atoms with E-state index in [0.717, 1.165) is 18.2 Å². The lowest BCUT2D eigenvalue weighted by molar-refractivity contribution is -0.282. The number of hydrogen-bond acceptors (Lipinski definition) is 3. The minimum Gasteiger partial charge on any atom is -0.361 e. The van der Waals surface area contributed by atoms with Gasteiger partial charge in [0.05, 0.1) is 12.6 Å². The van der Waals surface area contributed by atoms with Crippen LogP contribution in [0.3, 0.4) is 0 Å². The summed E-state index contributed by atoms with van der Waals surface area (Å²) in [5.74, 6) is -3.14. The van der Waals surface area contributed by atoms with Crippen molar-refractivity contribution in [3.8, 4) is 0 Å². The van der Waals surface area contributed by atoms with Crippen molar-refractivity contribution < 1.29 is 18.6 Å². The van der Waals surface area contributed by atoms with E-state index in [1.807, 2.05) is 18.9 Å². The molecule has 0 bridgehead atoms. The van der Waals surface area contributed by atoms with E-state index in [1.54, 1.807) is 6.92 Å². The summed E-state index contributed by atoms with van der Waals surface area (Å²) < 4.78 is 31.9. The summed E-state index contributed by atoms with van der Waals surface area (Å²) >= 11 is 0. The maximum absolute atomic E-state index is 13.2. The van der Waals surface area contributed by atoms with Crippen molar-refractivity contribution in [1.29, 1.82) is 0 Å². The van der Waals surface area contributed by atoms with Gasteiger partial charge >= 0.3 is 0 Å². The predicted molar refractivity (Wildman–Crippen MR) is 62.9 cm³/mol. The Morgan fingerprint density at radius 1 is 1.28 bits per heavy atom. The third-order valence-corrected chi connectivity index (χ3v) is 3.69. The highest BCUT2D eigenvalue weighted by Gasteiger charge is 2.44. The van der Waals surface area contributed by atoms with E-state index >= 15 is 0 Å². The Hall–Kier alpha value is -1.04. The first kappa shape index (κ1) is 13.4. The second kappa shape index (κ2) is 4.57. The van der Waals surface area contributed by atoms with E-state index in [0.29, 0.717) is 6.61 Å². The summed E-state index contributed by atoms with van der Waals surface area (Å²) in [6.45, 7) is 4.02. The fourth-order valence-corrected chi connectivity index (χ4v) is 2.23. The van der Waals surface area contributed by atoms with Gasteiger partial charge in [0.25, 0.3) is 0 Å². The molecule has 1 aliphatic heterocycles. The molecule has 1 aromatic rings. The van der Waals surface area contributed by atoms with E-state index < -0.39 is 23.5 Å². The summed E-state index contributed by atoms with van der Waals surface area (Å²) in [6.07, 6.45) is 0. The zero-order chi connectivity index (χ0) is 13.5. The van der Waals surface area contributed by atoms with Crippen LogP contribution in [0.1, 0.15) is 19.4 Å². The molecule has 1 fully saturated rings.